The van der Waals surface area contributed by atoms with Crippen LogP contribution in [0.4, 0.5) is 4.39 Å². The SMILES string of the molecule is COc1ccc(Cl)cc1C(O)c1cc2cc(F)ccc2o1. The van der Waals surface area contributed by atoms with Crippen molar-refractivity contribution in [1.82, 2.24) is 0 Å². The van der Waals surface area contributed by atoms with Crippen LogP contribution in [0.2, 0.25) is 5.02 Å². The first-order chi connectivity index (χ1) is 10.1. The molecule has 1 heterocycles. The summed E-state index contributed by atoms with van der Waals surface area (Å²) in [4.78, 5) is 0. The molecule has 0 spiro atoms. The predicted octanol–water partition coefficient (Wildman–Crippen LogP) is 4.32. The molecule has 0 bridgehead atoms. The van der Waals surface area contributed by atoms with Gasteiger partial charge < -0.3 is 14.3 Å². The van der Waals surface area contributed by atoms with Gasteiger partial charge in [0.15, 0.2) is 0 Å². The van der Waals surface area contributed by atoms with Crippen LogP contribution in [0.3, 0.4) is 0 Å². The van der Waals surface area contributed by atoms with Gasteiger partial charge in [-0.3, -0.25) is 0 Å². The third-order valence-electron chi connectivity index (χ3n) is 3.25. The molecule has 0 saturated carbocycles. The fraction of sp³-hybridized carbons (Fsp3) is 0.125. The highest BCUT2D eigenvalue weighted by atomic mass is 35.5. The Morgan fingerprint density at radius 2 is 2.00 bits per heavy atom. The van der Waals surface area contributed by atoms with Crippen molar-refractivity contribution >= 4 is 22.6 Å². The Bertz CT molecular complexity index is 797. The standard InChI is InChI=1S/C16H12ClFO3/c1-20-14-4-2-10(17)8-12(14)16(19)15-7-9-6-11(18)3-5-13(9)21-15/h2-8,16,19H,1H3. The second kappa shape index (κ2) is 5.39. The van der Waals surface area contributed by atoms with E-state index >= 15 is 0 Å². The maximum Gasteiger partial charge on any atom is 0.140 e. The fourth-order valence-corrected chi connectivity index (χ4v) is 2.42. The van der Waals surface area contributed by atoms with E-state index in [1.54, 1.807) is 24.3 Å². The molecule has 0 saturated heterocycles. The maximum absolute atomic E-state index is 13.2. The van der Waals surface area contributed by atoms with Crippen molar-refractivity contribution < 1.29 is 18.7 Å². The average molecular weight is 307 g/mol. The van der Waals surface area contributed by atoms with Crippen LogP contribution in [-0.2, 0) is 0 Å². The molecule has 0 radical (unpaired) electrons. The minimum absolute atomic E-state index is 0.302. The van der Waals surface area contributed by atoms with Crippen molar-refractivity contribution in [2.24, 2.45) is 0 Å². The van der Waals surface area contributed by atoms with Crippen molar-refractivity contribution in [3.63, 3.8) is 0 Å². The van der Waals surface area contributed by atoms with E-state index in [0.29, 0.717) is 33.1 Å². The summed E-state index contributed by atoms with van der Waals surface area (Å²) in [6.07, 6.45) is -1.05. The van der Waals surface area contributed by atoms with Crippen LogP contribution in [0, 0.1) is 5.82 Å². The zero-order valence-electron chi connectivity index (χ0n) is 11.1. The van der Waals surface area contributed by atoms with Gasteiger partial charge in [-0.25, -0.2) is 4.39 Å². The average Bonchev–Trinajstić information content (AvgIpc) is 2.89. The maximum atomic E-state index is 13.2. The van der Waals surface area contributed by atoms with E-state index in [4.69, 9.17) is 20.8 Å². The van der Waals surface area contributed by atoms with Gasteiger partial charge in [-0.15, -0.1) is 0 Å². The van der Waals surface area contributed by atoms with E-state index in [-0.39, 0.29) is 5.82 Å². The molecule has 2 aromatic carbocycles. The third-order valence-corrected chi connectivity index (χ3v) is 3.49. The van der Waals surface area contributed by atoms with Crippen molar-refractivity contribution in [2.75, 3.05) is 7.11 Å². The van der Waals surface area contributed by atoms with E-state index in [1.807, 2.05) is 0 Å². The second-order valence-electron chi connectivity index (χ2n) is 4.62. The molecule has 1 atom stereocenters. The van der Waals surface area contributed by atoms with Crippen molar-refractivity contribution in [3.8, 4) is 5.75 Å². The van der Waals surface area contributed by atoms with Gasteiger partial charge in [0.05, 0.1) is 7.11 Å². The highest BCUT2D eigenvalue weighted by Gasteiger charge is 2.20. The molecule has 108 valence electrons. The number of hydrogen-bond acceptors (Lipinski definition) is 3. The second-order valence-corrected chi connectivity index (χ2v) is 5.06. The van der Waals surface area contributed by atoms with Gasteiger partial charge in [0.2, 0.25) is 0 Å². The van der Waals surface area contributed by atoms with Crippen LogP contribution in [0.1, 0.15) is 17.4 Å². The number of rotatable bonds is 3. The first-order valence-electron chi connectivity index (χ1n) is 6.29. The summed E-state index contributed by atoms with van der Waals surface area (Å²) in [6, 6.07) is 10.7. The van der Waals surface area contributed by atoms with Crippen LogP contribution in [0.25, 0.3) is 11.0 Å². The van der Waals surface area contributed by atoms with E-state index < -0.39 is 6.10 Å². The number of aliphatic hydroxyl groups is 1. The monoisotopic (exact) mass is 306 g/mol. The lowest BCUT2D eigenvalue weighted by atomic mass is 10.1. The largest absolute Gasteiger partial charge is 0.496 e. The van der Waals surface area contributed by atoms with Gasteiger partial charge in [-0.05, 0) is 42.5 Å². The number of fused-ring (bicyclic) bond motifs is 1. The van der Waals surface area contributed by atoms with Crippen LogP contribution in [0.5, 0.6) is 5.75 Å². The lowest BCUT2D eigenvalue weighted by Gasteiger charge is -2.13. The van der Waals surface area contributed by atoms with Crippen molar-refractivity contribution in [1.29, 1.82) is 0 Å². The van der Waals surface area contributed by atoms with Crippen LogP contribution >= 0.6 is 11.6 Å². The molecule has 3 aromatic rings. The predicted molar refractivity (Wildman–Crippen MR) is 78.2 cm³/mol. The van der Waals surface area contributed by atoms with Gasteiger partial charge >= 0.3 is 0 Å². The fourth-order valence-electron chi connectivity index (χ4n) is 2.24. The molecule has 0 aliphatic carbocycles. The topological polar surface area (TPSA) is 42.6 Å². The summed E-state index contributed by atoms with van der Waals surface area (Å²) in [5.74, 6) is 0.444. The van der Waals surface area contributed by atoms with Crippen LogP contribution < -0.4 is 4.74 Å². The molecule has 0 aliphatic rings. The lowest BCUT2D eigenvalue weighted by Crippen LogP contribution is -2.01. The van der Waals surface area contributed by atoms with Crippen LogP contribution in [-0.4, -0.2) is 12.2 Å². The third kappa shape index (κ3) is 2.60. The molecular weight excluding hydrogens is 295 g/mol. The zero-order valence-corrected chi connectivity index (χ0v) is 11.9. The van der Waals surface area contributed by atoms with E-state index in [9.17, 15) is 9.50 Å². The Morgan fingerprint density at radius 3 is 2.76 bits per heavy atom. The highest BCUT2D eigenvalue weighted by Crippen LogP contribution is 2.34. The van der Waals surface area contributed by atoms with Crippen LogP contribution in [0.15, 0.2) is 46.9 Å². The first-order valence-corrected chi connectivity index (χ1v) is 6.67. The molecule has 0 aliphatic heterocycles. The Kier molecular flexibility index (Phi) is 3.57. The summed E-state index contributed by atoms with van der Waals surface area (Å²) in [5, 5.41) is 11.5. The Labute approximate surface area is 125 Å². The smallest absolute Gasteiger partial charge is 0.140 e. The van der Waals surface area contributed by atoms with E-state index in [0.717, 1.165) is 0 Å². The van der Waals surface area contributed by atoms with Gasteiger partial charge in [-0.1, -0.05) is 11.6 Å². The molecule has 21 heavy (non-hydrogen) atoms. The Balaban J connectivity index is 2.07. The molecule has 1 N–H and O–H groups in total. The van der Waals surface area contributed by atoms with Gasteiger partial charge in [0.1, 0.15) is 29.0 Å². The normalized spacial score (nSPS) is 12.6. The quantitative estimate of drug-likeness (QED) is 0.784. The summed E-state index contributed by atoms with van der Waals surface area (Å²) in [7, 11) is 1.51. The number of ether oxygens (including phenoxy) is 1. The van der Waals surface area contributed by atoms with Gasteiger partial charge in [-0.2, -0.15) is 0 Å². The molecule has 1 unspecified atom stereocenters. The first kappa shape index (κ1) is 13.9. The summed E-state index contributed by atoms with van der Waals surface area (Å²) in [5.41, 5.74) is 0.996. The lowest BCUT2D eigenvalue weighted by molar-refractivity contribution is 0.188. The molecule has 3 nitrogen and oxygen atoms in total. The number of methoxy groups -OCH3 is 1. The minimum Gasteiger partial charge on any atom is -0.496 e. The summed E-state index contributed by atoms with van der Waals surface area (Å²) < 4.78 is 24.0. The molecule has 0 fully saturated rings. The molecule has 3 rings (SSSR count). The highest BCUT2D eigenvalue weighted by molar-refractivity contribution is 6.30. The Hall–Kier alpha value is -2.04. The van der Waals surface area contributed by atoms with E-state index in [2.05, 4.69) is 0 Å². The number of benzene rings is 2. The molecule has 5 heteroatoms. The summed E-state index contributed by atoms with van der Waals surface area (Å²) >= 11 is 5.96. The summed E-state index contributed by atoms with van der Waals surface area (Å²) in [6.45, 7) is 0. The number of furan rings is 1. The molecular formula is C16H12ClFO3. The number of halogens is 2. The Morgan fingerprint density at radius 1 is 1.19 bits per heavy atom. The van der Waals surface area contributed by atoms with Crippen molar-refractivity contribution in [2.45, 2.75) is 6.10 Å². The van der Waals surface area contributed by atoms with Crippen molar-refractivity contribution in [3.05, 3.63) is 64.6 Å². The minimum atomic E-state index is -1.05. The molecule has 0 amide bonds. The van der Waals surface area contributed by atoms with Gasteiger partial charge in [0, 0.05) is 16.0 Å². The van der Waals surface area contributed by atoms with E-state index in [1.165, 1.54) is 25.3 Å². The zero-order chi connectivity index (χ0) is 15.0. The number of hydrogen-bond donors (Lipinski definition) is 1. The molecule has 1 aromatic heterocycles. The van der Waals surface area contributed by atoms with Gasteiger partial charge in [0.25, 0.3) is 0 Å². The number of aliphatic hydroxyl groups excluding tert-OH is 1.